The first-order chi connectivity index (χ1) is 8.66. The van der Waals surface area contributed by atoms with Gasteiger partial charge in [-0.05, 0) is 0 Å². The normalized spacial score (nSPS) is 11.4. The summed E-state index contributed by atoms with van der Waals surface area (Å²) in [5.74, 6) is -0.693. The topological polar surface area (TPSA) is 126 Å². The number of H-pyrrole nitrogens is 1. The molecule has 0 atom stereocenters. The molecule has 9 heteroatoms. The van der Waals surface area contributed by atoms with E-state index < -0.39 is 5.97 Å². The molecule has 0 saturated carbocycles. The lowest BCUT2D eigenvalue weighted by molar-refractivity contribution is -0.129. The summed E-state index contributed by atoms with van der Waals surface area (Å²) in [6.07, 6.45) is 3.18. The standard InChI is InChI=1S/C9H9N5O3S/c10-9-13-5(4-18-9)7(8(15)16)14-17-3-6-11-1-2-12-6/h1-2,4H,3H2,(H2,10,13)(H,11,12)(H,15,16)/b14-7+. The van der Waals surface area contributed by atoms with E-state index in [1.54, 1.807) is 12.4 Å². The Morgan fingerprint density at radius 3 is 3.06 bits per heavy atom. The first-order valence-electron chi connectivity index (χ1n) is 4.79. The summed E-state index contributed by atoms with van der Waals surface area (Å²) in [5, 5.41) is 14.3. The lowest BCUT2D eigenvalue weighted by Crippen LogP contribution is -2.15. The number of nitrogen functional groups attached to an aromatic ring is 1. The third-order valence-corrected chi connectivity index (χ3v) is 2.55. The molecule has 2 rings (SSSR count). The van der Waals surface area contributed by atoms with Crippen molar-refractivity contribution in [2.24, 2.45) is 5.16 Å². The van der Waals surface area contributed by atoms with E-state index >= 15 is 0 Å². The highest BCUT2D eigenvalue weighted by atomic mass is 32.1. The molecule has 2 heterocycles. The minimum absolute atomic E-state index is 0.0450. The number of nitrogens with two attached hydrogens (primary N) is 1. The fraction of sp³-hybridized carbons (Fsp3) is 0.111. The van der Waals surface area contributed by atoms with E-state index in [4.69, 9.17) is 15.7 Å². The van der Waals surface area contributed by atoms with Crippen LogP contribution in [-0.2, 0) is 16.2 Å². The first kappa shape index (κ1) is 12.0. The van der Waals surface area contributed by atoms with Gasteiger partial charge >= 0.3 is 5.97 Å². The zero-order chi connectivity index (χ0) is 13.0. The molecule has 0 unspecified atom stereocenters. The van der Waals surface area contributed by atoms with Crippen LogP contribution in [0.15, 0.2) is 22.9 Å². The van der Waals surface area contributed by atoms with E-state index in [2.05, 4.69) is 20.1 Å². The maximum Gasteiger partial charge on any atom is 0.360 e. The monoisotopic (exact) mass is 267 g/mol. The lowest BCUT2D eigenvalue weighted by Gasteiger charge is -1.98. The second kappa shape index (κ2) is 5.27. The Morgan fingerprint density at radius 2 is 2.50 bits per heavy atom. The van der Waals surface area contributed by atoms with Crippen molar-refractivity contribution in [2.45, 2.75) is 6.61 Å². The molecule has 2 aromatic heterocycles. The lowest BCUT2D eigenvalue weighted by atomic mass is 10.3. The van der Waals surface area contributed by atoms with Crippen molar-refractivity contribution in [3.63, 3.8) is 0 Å². The van der Waals surface area contributed by atoms with Crippen LogP contribution < -0.4 is 5.73 Å². The summed E-state index contributed by atoms with van der Waals surface area (Å²) < 4.78 is 0. The number of carboxylic acid groups (broad SMARTS) is 1. The Hall–Kier alpha value is -2.42. The Balaban J connectivity index is 2.08. The summed E-state index contributed by atoms with van der Waals surface area (Å²) in [6.45, 7) is 0.0450. The van der Waals surface area contributed by atoms with Crippen molar-refractivity contribution in [3.05, 3.63) is 29.3 Å². The molecule has 0 bridgehead atoms. The highest BCUT2D eigenvalue weighted by Crippen LogP contribution is 2.12. The third kappa shape index (κ3) is 2.83. The summed E-state index contributed by atoms with van der Waals surface area (Å²) in [5.41, 5.74) is 5.30. The van der Waals surface area contributed by atoms with Gasteiger partial charge in [0.1, 0.15) is 11.5 Å². The van der Waals surface area contributed by atoms with Gasteiger partial charge in [-0.25, -0.2) is 14.8 Å². The van der Waals surface area contributed by atoms with Crippen molar-refractivity contribution in [2.75, 3.05) is 5.73 Å². The average molecular weight is 267 g/mol. The van der Waals surface area contributed by atoms with Crippen LogP contribution in [0.25, 0.3) is 0 Å². The second-order valence-electron chi connectivity index (χ2n) is 3.13. The number of carbonyl (C=O) groups is 1. The smallest absolute Gasteiger partial charge is 0.360 e. The van der Waals surface area contributed by atoms with Gasteiger partial charge in [0.05, 0.1) is 0 Å². The molecule has 0 aliphatic rings. The maximum absolute atomic E-state index is 11.0. The van der Waals surface area contributed by atoms with Crippen molar-refractivity contribution < 1.29 is 14.7 Å². The van der Waals surface area contributed by atoms with Gasteiger partial charge in [0.15, 0.2) is 11.7 Å². The maximum atomic E-state index is 11.0. The van der Waals surface area contributed by atoms with Crippen molar-refractivity contribution >= 4 is 28.1 Å². The molecule has 4 N–H and O–H groups in total. The number of hydrogen-bond donors (Lipinski definition) is 3. The molecular weight excluding hydrogens is 258 g/mol. The van der Waals surface area contributed by atoms with Crippen LogP contribution in [0.5, 0.6) is 0 Å². The summed E-state index contributed by atoms with van der Waals surface area (Å²) in [7, 11) is 0. The van der Waals surface area contributed by atoms with Gasteiger partial charge in [0.25, 0.3) is 0 Å². The number of aromatic nitrogens is 3. The molecule has 18 heavy (non-hydrogen) atoms. The molecule has 0 spiro atoms. The molecule has 0 aliphatic carbocycles. The van der Waals surface area contributed by atoms with Gasteiger partial charge in [-0.3, -0.25) is 0 Å². The number of hydrogen-bond acceptors (Lipinski definition) is 7. The van der Waals surface area contributed by atoms with Gasteiger partial charge < -0.3 is 20.7 Å². The Morgan fingerprint density at radius 1 is 1.67 bits per heavy atom. The molecule has 94 valence electrons. The van der Waals surface area contributed by atoms with Crippen LogP contribution in [-0.4, -0.2) is 31.7 Å². The number of anilines is 1. The number of nitrogens with one attached hydrogen (secondary N) is 1. The van der Waals surface area contributed by atoms with Gasteiger partial charge in [-0.15, -0.1) is 11.3 Å². The fourth-order valence-corrected chi connectivity index (χ4v) is 1.67. The minimum atomic E-state index is -1.24. The van der Waals surface area contributed by atoms with E-state index in [1.165, 1.54) is 5.38 Å². The zero-order valence-corrected chi connectivity index (χ0v) is 9.85. The van der Waals surface area contributed by atoms with Crippen molar-refractivity contribution in [1.29, 1.82) is 0 Å². The summed E-state index contributed by atoms with van der Waals surface area (Å²) in [4.78, 5) is 26.4. The number of thiazole rings is 1. The summed E-state index contributed by atoms with van der Waals surface area (Å²) >= 11 is 1.13. The van der Waals surface area contributed by atoms with Crippen LogP contribution in [0.3, 0.4) is 0 Å². The van der Waals surface area contributed by atoms with E-state index in [9.17, 15) is 4.79 Å². The molecule has 2 aromatic rings. The van der Waals surface area contributed by atoms with Gasteiger partial charge in [-0.2, -0.15) is 0 Å². The fourth-order valence-electron chi connectivity index (χ4n) is 1.13. The number of rotatable bonds is 5. The molecule has 8 nitrogen and oxygen atoms in total. The summed E-state index contributed by atoms with van der Waals surface area (Å²) in [6, 6.07) is 0. The van der Waals surface area contributed by atoms with E-state index in [1.807, 2.05) is 0 Å². The molecule has 0 amide bonds. The van der Waals surface area contributed by atoms with E-state index in [0.717, 1.165) is 11.3 Å². The van der Waals surface area contributed by atoms with E-state index in [0.29, 0.717) is 5.82 Å². The van der Waals surface area contributed by atoms with E-state index in [-0.39, 0.29) is 23.1 Å². The van der Waals surface area contributed by atoms with Crippen LogP contribution in [0.1, 0.15) is 11.5 Å². The largest absolute Gasteiger partial charge is 0.476 e. The molecular formula is C9H9N5O3S. The zero-order valence-electron chi connectivity index (χ0n) is 9.03. The molecule has 0 radical (unpaired) electrons. The van der Waals surface area contributed by atoms with Crippen molar-refractivity contribution in [3.8, 4) is 0 Å². The molecule has 0 aromatic carbocycles. The van der Waals surface area contributed by atoms with Gasteiger partial charge in [0, 0.05) is 17.8 Å². The van der Waals surface area contributed by atoms with Crippen LogP contribution in [0.4, 0.5) is 5.13 Å². The van der Waals surface area contributed by atoms with Gasteiger partial charge in [-0.1, -0.05) is 5.16 Å². The van der Waals surface area contributed by atoms with Gasteiger partial charge in [0.2, 0.25) is 5.71 Å². The SMILES string of the molecule is Nc1nc(/C(=N\OCc2ncc[nH]2)C(=O)O)cs1. The van der Waals surface area contributed by atoms with Crippen LogP contribution >= 0.6 is 11.3 Å². The quantitative estimate of drug-likeness (QED) is 0.533. The minimum Gasteiger partial charge on any atom is -0.476 e. The molecule has 0 saturated heterocycles. The molecule has 0 aliphatic heterocycles. The second-order valence-corrected chi connectivity index (χ2v) is 4.02. The predicted octanol–water partition coefficient (Wildman–Crippen LogP) is 0.454. The highest BCUT2D eigenvalue weighted by molar-refractivity contribution is 7.13. The Labute approximate surface area is 105 Å². The van der Waals surface area contributed by atoms with Crippen LogP contribution in [0.2, 0.25) is 0 Å². The predicted molar refractivity (Wildman–Crippen MR) is 64.1 cm³/mol. The average Bonchev–Trinajstić information content (AvgIpc) is 2.95. The number of aromatic amines is 1. The first-order valence-corrected chi connectivity index (χ1v) is 5.67. The number of imidazole rings is 1. The highest BCUT2D eigenvalue weighted by Gasteiger charge is 2.17. The van der Waals surface area contributed by atoms with Crippen molar-refractivity contribution in [1.82, 2.24) is 15.0 Å². The number of aliphatic carboxylic acids is 1. The third-order valence-electron chi connectivity index (χ3n) is 1.88. The number of carboxylic acids is 1. The molecule has 0 fully saturated rings. The Bertz CT molecular complexity index is 563. The Kier molecular flexibility index (Phi) is 3.53. The van der Waals surface area contributed by atoms with Crippen LogP contribution in [0, 0.1) is 0 Å². The number of oxime groups is 1. The number of nitrogens with zero attached hydrogens (tertiary/aromatic N) is 3.